The van der Waals surface area contributed by atoms with Crippen LogP contribution in [0, 0.1) is 0 Å². The van der Waals surface area contributed by atoms with Gasteiger partial charge < -0.3 is 19.3 Å². The van der Waals surface area contributed by atoms with Gasteiger partial charge in [0, 0.05) is 6.08 Å². The molecule has 6 heteroatoms. The lowest BCUT2D eigenvalue weighted by molar-refractivity contribution is -0.151. The summed E-state index contributed by atoms with van der Waals surface area (Å²) in [6.07, 6.45) is -0.105. The van der Waals surface area contributed by atoms with Crippen molar-refractivity contribution in [1.82, 2.24) is 0 Å². The van der Waals surface area contributed by atoms with Gasteiger partial charge in [-0.05, 0) is 12.1 Å². The number of ether oxygens (including phenoxy) is 3. The number of hydrogen-bond acceptors (Lipinski definition) is 6. The van der Waals surface area contributed by atoms with E-state index in [0.717, 1.165) is 6.08 Å². The molecule has 1 atom stereocenters. The predicted molar refractivity (Wildman–Crippen MR) is 70.1 cm³/mol. The summed E-state index contributed by atoms with van der Waals surface area (Å²) in [5.74, 6) is -0.726. The molecule has 20 heavy (non-hydrogen) atoms. The molecule has 6 nitrogen and oxygen atoms in total. The molecule has 1 N–H and O–H groups in total. The molecule has 0 aliphatic carbocycles. The van der Waals surface area contributed by atoms with Crippen molar-refractivity contribution in [2.45, 2.75) is 6.10 Å². The van der Waals surface area contributed by atoms with Crippen LogP contribution < -0.4 is 4.74 Å². The molecule has 0 fully saturated rings. The van der Waals surface area contributed by atoms with Crippen LogP contribution >= 0.6 is 0 Å². The molecule has 0 saturated heterocycles. The average Bonchev–Trinajstić information content (AvgIpc) is 2.49. The Morgan fingerprint density at radius 1 is 1.20 bits per heavy atom. The summed E-state index contributed by atoms with van der Waals surface area (Å²) >= 11 is 0. The molecule has 0 aliphatic heterocycles. The second-order valence-corrected chi connectivity index (χ2v) is 3.77. The van der Waals surface area contributed by atoms with Crippen molar-refractivity contribution < 1.29 is 28.9 Å². The normalized spacial score (nSPS) is 11.2. The fourth-order valence-electron chi connectivity index (χ4n) is 1.18. The van der Waals surface area contributed by atoms with E-state index in [0.29, 0.717) is 5.75 Å². The summed E-state index contributed by atoms with van der Waals surface area (Å²) < 4.78 is 14.5. The minimum absolute atomic E-state index is 0.261. The van der Waals surface area contributed by atoms with Crippen LogP contribution in [0.1, 0.15) is 0 Å². The maximum absolute atomic E-state index is 11.3. The first-order valence-electron chi connectivity index (χ1n) is 5.92. The highest BCUT2D eigenvalue weighted by Gasteiger charge is 2.11. The predicted octanol–water partition coefficient (Wildman–Crippen LogP) is 0.699. The maximum atomic E-state index is 11.3. The van der Waals surface area contributed by atoms with E-state index in [1.807, 2.05) is 6.07 Å². The van der Waals surface area contributed by atoms with Gasteiger partial charge in [-0.3, -0.25) is 0 Å². The molecule has 0 aromatic heterocycles. The smallest absolute Gasteiger partial charge is 0.344 e. The summed E-state index contributed by atoms with van der Waals surface area (Å²) in [7, 11) is 0. The quantitative estimate of drug-likeness (QED) is 0.557. The lowest BCUT2D eigenvalue weighted by atomic mass is 10.3. The Morgan fingerprint density at radius 2 is 1.85 bits per heavy atom. The zero-order valence-electron chi connectivity index (χ0n) is 10.9. The number of benzene rings is 1. The summed E-state index contributed by atoms with van der Waals surface area (Å²) in [5, 5.41) is 9.40. The van der Waals surface area contributed by atoms with Crippen LogP contribution in [0.15, 0.2) is 43.0 Å². The van der Waals surface area contributed by atoms with Crippen LogP contribution in [0.5, 0.6) is 5.75 Å². The van der Waals surface area contributed by atoms with E-state index in [-0.39, 0.29) is 19.8 Å². The highest BCUT2D eigenvalue weighted by Crippen LogP contribution is 2.07. The Kier molecular flexibility index (Phi) is 6.84. The Morgan fingerprint density at radius 3 is 2.50 bits per heavy atom. The molecule has 0 aliphatic rings. The van der Waals surface area contributed by atoms with Gasteiger partial charge >= 0.3 is 11.9 Å². The second-order valence-electron chi connectivity index (χ2n) is 3.77. The van der Waals surface area contributed by atoms with Gasteiger partial charge in [-0.15, -0.1) is 0 Å². The fraction of sp³-hybridized carbons (Fsp3) is 0.286. The minimum atomic E-state index is -1.08. The summed E-state index contributed by atoms with van der Waals surface area (Å²) in [6.45, 7) is 2.40. The van der Waals surface area contributed by atoms with Gasteiger partial charge in [-0.2, -0.15) is 0 Å². The number of aliphatic hydroxyl groups is 1. The van der Waals surface area contributed by atoms with Crippen LogP contribution in [-0.2, 0) is 19.1 Å². The standard InChI is InChI=1S/C14H16O6/c1-2-13(16)19-8-11(15)9-20-14(17)10-18-12-6-4-3-5-7-12/h2-7,11,15H,1,8-10H2. The molecule has 0 bridgehead atoms. The zero-order valence-corrected chi connectivity index (χ0v) is 10.9. The molecular weight excluding hydrogens is 264 g/mol. The van der Waals surface area contributed by atoms with E-state index in [9.17, 15) is 14.7 Å². The fourth-order valence-corrected chi connectivity index (χ4v) is 1.18. The minimum Gasteiger partial charge on any atom is -0.482 e. The van der Waals surface area contributed by atoms with Crippen molar-refractivity contribution in [2.75, 3.05) is 19.8 Å². The third kappa shape index (κ3) is 6.55. The van der Waals surface area contributed by atoms with Crippen LogP contribution in [0.25, 0.3) is 0 Å². The highest BCUT2D eigenvalue weighted by atomic mass is 16.6. The van der Waals surface area contributed by atoms with E-state index >= 15 is 0 Å². The van der Waals surface area contributed by atoms with Crippen LogP contribution in [0.4, 0.5) is 0 Å². The number of esters is 2. The van der Waals surface area contributed by atoms with Gasteiger partial charge in [-0.25, -0.2) is 9.59 Å². The number of aliphatic hydroxyl groups excluding tert-OH is 1. The lowest BCUT2D eigenvalue weighted by Gasteiger charge is -2.11. The van der Waals surface area contributed by atoms with Gasteiger partial charge in [0.1, 0.15) is 25.1 Å². The van der Waals surface area contributed by atoms with Gasteiger partial charge in [0.25, 0.3) is 0 Å². The van der Waals surface area contributed by atoms with Crippen molar-refractivity contribution in [1.29, 1.82) is 0 Å². The molecule has 0 radical (unpaired) electrons. The molecular formula is C14H16O6. The molecule has 108 valence electrons. The van der Waals surface area contributed by atoms with Crippen LogP contribution in [0.3, 0.4) is 0 Å². The van der Waals surface area contributed by atoms with E-state index in [1.165, 1.54) is 0 Å². The topological polar surface area (TPSA) is 82.1 Å². The van der Waals surface area contributed by atoms with Crippen LogP contribution in [-0.4, -0.2) is 43.0 Å². The molecule has 0 saturated carbocycles. The van der Waals surface area contributed by atoms with Crippen molar-refractivity contribution in [3.8, 4) is 5.75 Å². The van der Waals surface area contributed by atoms with Crippen molar-refractivity contribution in [3.05, 3.63) is 43.0 Å². The third-order valence-electron chi connectivity index (χ3n) is 2.12. The van der Waals surface area contributed by atoms with Crippen molar-refractivity contribution in [2.24, 2.45) is 0 Å². The number of hydrogen-bond donors (Lipinski definition) is 1. The van der Waals surface area contributed by atoms with E-state index in [2.05, 4.69) is 11.3 Å². The molecule has 0 heterocycles. The summed E-state index contributed by atoms with van der Waals surface area (Å²) in [5.41, 5.74) is 0. The maximum Gasteiger partial charge on any atom is 0.344 e. The monoisotopic (exact) mass is 280 g/mol. The molecule has 1 unspecified atom stereocenters. The van der Waals surface area contributed by atoms with Gasteiger partial charge in [0.2, 0.25) is 0 Å². The van der Waals surface area contributed by atoms with E-state index in [1.54, 1.807) is 24.3 Å². The largest absolute Gasteiger partial charge is 0.482 e. The first-order chi connectivity index (χ1) is 9.61. The lowest BCUT2D eigenvalue weighted by Crippen LogP contribution is -2.26. The highest BCUT2D eigenvalue weighted by molar-refractivity contribution is 5.81. The molecule has 1 rings (SSSR count). The zero-order chi connectivity index (χ0) is 14.8. The van der Waals surface area contributed by atoms with E-state index in [4.69, 9.17) is 9.47 Å². The summed E-state index contributed by atoms with van der Waals surface area (Å²) in [6, 6.07) is 8.79. The average molecular weight is 280 g/mol. The summed E-state index contributed by atoms with van der Waals surface area (Å²) in [4.78, 5) is 22.1. The number of rotatable bonds is 8. The van der Waals surface area contributed by atoms with Crippen molar-refractivity contribution in [3.63, 3.8) is 0 Å². The Balaban J connectivity index is 2.16. The van der Waals surface area contributed by atoms with Crippen LogP contribution in [0.2, 0.25) is 0 Å². The molecule has 1 aromatic rings. The Hall–Kier alpha value is -2.34. The number of carbonyl (C=O) groups excluding carboxylic acids is 2. The second kappa shape index (κ2) is 8.71. The van der Waals surface area contributed by atoms with Gasteiger partial charge in [-0.1, -0.05) is 24.8 Å². The van der Waals surface area contributed by atoms with Gasteiger partial charge in [0.15, 0.2) is 6.61 Å². The number of para-hydroxylation sites is 1. The Bertz CT molecular complexity index is 442. The molecule has 0 amide bonds. The van der Waals surface area contributed by atoms with E-state index < -0.39 is 18.0 Å². The Labute approximate surface area is 116 Å². The molecule has 0 spiro atoms. The van der Waals surface area contributed by atoms with Gasteiger partial charge in [0.05, 0.1) is 0 Å². The SMILES string of the molecule is C=CC(=O)OCC(O)COC(=O)COc1ccccc1. The number of carbonyl (C=O) groups is 2. The first kappa shape index (κ1) is 15.7. The van der Waals surface area contributed by atoms with Crippen molar-refractivity contribution >= 4 is 11.9 Å². The molecule has 1 aromatic carbocycles. The third-order valence-corrected chi connectivity index (χ3v) is 2.12. The first-order valence-corrected chi connectivity index (χ1v) is 5.92.